The third kappa shape index (κ3) is 6.21. The average Bonchev–Trinajstić information content (AvgIpc) is 2.99. The number of ketones is 1. The molecule has 5 rings (SSSR count). The lowest BCUT2D eigenvalue weighted by molar-refractivity contribution is 0.0183. The van der Waals surface area contributed by atoms with E-state index in [9.17, 15) is 9.59 Å². The van der Waals surface area contributed by atoms with E-state index in [4.69, 9.17) is 20.0 Å². The first kappa shape index (κ1) is 28.6. The van der Waals surface area contributed by atoms with Crippen LogP contribution in [-0.4, -0.2) is 28.9 Å². The Morgan fingerprint density at radius 1 is 1.00 bits per heavy atom. The zero-order chi connectivity index (χ0) is 29.9. The zero-order valence-corrected chi connectivity index (χ0v) is 24.1. The van der Waals surface area contributed by atoms with Crippen LogP contribution in [0.1, 0.15) is 56.3 Å². The van der Waals surface area contributed by atoms with Crippen LogP contribution in [-0.2, 0) is 11.4 Å². The number of carbonyl (C=O) groups excluding carboxylic acids is 2. The standard InChI is InChI=1S/C33H34N4O5/c1-20-21(2)31-29(22(3)30(20)34)27(38)16-33(4,42-31)19-40-26-13-11-25(12-14-26)36-32(39)24-10-15-28(35-17-24)37-41-18-23-8-6-5-7-9-23/h5-15,17H,16,18-19,34H2,1-4H3,(H,35,37)(H,36,39). The van der Waals surface area contributed by atoms with Gasteiger partial charge in [-0.2, -0.15) is 0 Å². The van der Waals surface area contributed by atoms with Crippen molar-refractivity contribution in [1.82, 2.24) is 4.98 Å². The number of nitrogens with one attached hydrogen (secondary N) is 2. The fraction of sp³-hybridized carbons (Fsp3) is 0.242. The van der Waals surface area contributed by atoms with Crippen molar-refractivity contribution in [3.05, 3.63) is 106 Å². The highest BCUT2D eigenvalue weighted by atomic mass is 16.6. The molecule has 0 spiro atoms. The van der Waals surface area contributed by atoms with Crippen molar-refractivity contribution < 1.29 is 23.9 Å². The molecule has 0 bridgehead atoms. The second kappa shape index (κ2) is 11.9. The molecule has 4 N–H and O–H groups in total. The van der Waals surface area contributed by atoms with Crippen LogP contribution in [0.2, 0.25) is 0 Å². The highest BCUT2D eigenvalue weighted by molar-refractivity contribution is 6.04. The lowest BCUT2D eigenvalue weighted by Gasteiger charge is -2.36. The summed E-state index contributed by atoms with van der Waals surface area (Å²) in [7, 11) is 0. The van der Waals surface area contributed by atoms with Gasteiger partial charge in [-0.05, 0) is 86.3 Å². The number of rotatable bonds is 9. The Labute approximate surface area is 245 Å². The Hall–Kier alpha value is -4.89. The molecule has 4 aromatic rings. The summed E-state index contributed by atoms with van der Waals surface area (Å²) in [6, 6.07) is 20.1. The molecule has 2 heterocycles. The van der Waals surface area contributed by atoms with Gasteiger partial charge in [0.05, 0.1) is 24.2 Å². The van der Waals surface area contributed by atoms with Gasteiger partial charge in [-0.25, -0.2) is 10.5 Å². The summed E-state index contributed by atoms with van der Waals surface area (Å²) in [5, 5.41) is 2.85. The topological polar surface area (TPSA) is 125 Å². The summed E-state index contributed by atoms with van der Waals surface area (Å²) >= 11 is 0. The zero-order valence-electron chi connectivity index (χ0n) is 24.1. The van der Waals surface area contributed by atoms with Crippen LogP contribution in [0.15, 0.2) is 72.9 Å². The lowest BCUT2D eigenvalue weighted by atomic mass is 9.86. The number of Topliss-reactive ketones (excluding diaryl/α,β-unsaturated/α-hetero) is 1. The quantitative estimate of drug-likeness (QED) is 0.162. The average molecular weight is 567 g/mol. The molecule has 0 radical (unpaired) electrons. The number of hydrogen-bond acceptors (Lipinski definition) is 8. The maximum atomic E-state index is 13.1. The van der Waals surface area contributed by atoms with Crippen molar-refractivity contribution in [2.75, 3.05) is 23.1 Å². The van der Waals surface area contributed by atoms with Crippen molar-refractivity contribution in [2.45, 2.75) is 46.3 Å². The van der Waals surface area contributed by atoms with E-state index in [1.54, 1.807) is 36.4 Å². The van der Waals surface area contributed by atoms with E-state index in [0.29, 0.717) is 46.4 Å². The molecule has 1 aliphatic rings. The fourth-order valence-electron chi connectivity index (χ4n) is 4.83. The Kier molecular flexibility index (Phi) is 8.13. The molecule has 0 aliphatic carbocycles. The van der Waals surface area contributed by atoms with Gasteiger partial charge in [-0.3, -0.25) is 14.4 Å². The van der Waals surface area contributed by atoms with Crippen LogP contribution in [0.4, 0.5) is 17.2 Å². The molecule has 9 heteroatoms. The van der Waals surface area contributed by atoms with Gasteiger partial charge in [-0.1, -0.05) is 30.3 Å². The van der Waals surface area contributed by atoms with E-state index < -0.39 is 5.60 Å². The molecule has 216 valence electrons. The maximum absolute atomic E-state index is 13.1. The van der Waals surface area contributed by atoms with Crippen molar-refractivity contribution in [1.29, 1.82) is 0 Å². The lowest BCUT2D eigenvalue weighted by Crippen LogP contribution is -2.45. The molecule has 0 saturated carbocycles. The summed E-state index contributed by atoms with van der Waals surface area (Å²) in [6.45, 7) is 8.13. The molecular formula is C33H34N4O5. The highest BCUT2D eigenvalue weighted by Gasteiger charge is 2.40. The Balaban J connectivity index is 1.14. The van der Waals surface area contributed by atoms with E-state index >= 15 is 0 Å². The van der Waals surface area contributed by atoms with E-state index in [1.807, 2.05) is 58.0 Å². The SMILES string of the molecule is Cc1c(C)c2c(c(C)c1N)C(=O)CC(C)(COc1ccc(NC(=O)c3ccc(NOCc4ccccc4)nc3)cc1)O2. The molecule has 42 heavy (non-hydrogen) atoms. The number of nitrogens with zero attached hydrogens (tertiary/aromatic N) is 1. The first-order valence-corrected chi connectivity index (χ1v) is 13.7. The van der Waals surface area contributed by atoms with Gasteiger partial charge in [0.25, 0.3) is 5.91 Å². The summed E-state index contributed by atoms with van der Waals surface area (Å²) in [4.78, 5) is 35.5. The van der Waals surface area contributed by atoms with Crippen molar-refractivity contribution in [3.8, 4) is 11.5 Å². The molecular weight excluding hydrogens is 532 g/mol. The van der Waals surface area contributed by atoms with Crippen LogP contribution < -0.4 is 26.0 Å². The van der Waals surface area contributed by atoms with E-state index in [0.717, 1.165) is 22.3 Å². The van der Waals surface area contributed by atoms with Gasteiger partial charge in [-0.15, -0.1) is 0 Å². The minimum Gasteiger partial charge on any atom is -0.489 e. The number of pyridine rings is 1. The number of ether oxygens (including phenoxy) is 2. The Bertz CT molecular complexity index is 1610. The van der Waals surface area contributed by atoms with E-state index in [-0.39, 0.29) is 24.7 Å². The smallest absolute Gasteiger partial charge is 0.257 e. The number of amides is 1. The number of nitrogen functional groups attached to an aromatic ring is 1. The van der Waals surface area contributed by atoms with Crippen LogP contribution >= 0.6 is 0 Å². The number of carbonyl (C=O) groups is 2. The van der Waals surface area contributed by atoms with Gasteiger partial charge in [0.2, 0.25) is 0 Å². The molecule has 9 nitrogen and oxygen atoms in total. The Morgan fingerprint density at radius 2 is 1.74 bits per heavy atom. The van der Waals surface area contributed by atoms with Crippen LogP contribution in [0.5, 0.6) is 11.5 Å². The molecule has 0 fully saturated rings. The third-order valence-corrected chi connectivity index (χ3v) is 7.42. The van der Waals surface area contributed by atoms with Crippen molar-refractivity contribution >= 4 is 28.9 Å². The van der Waals surface area contributed by atoms with Gasteiger partial charge in [0, 0.05) is 17.6 Å². The predicted octanol–water partition coefficient (Wildman–Crippen LogP) is 6.19. The molecule has 1 aliphatic heterocycles. The van der Waals surface area contributed by atoms with E-state index in [1.165, 1.54) is 6.20 Å². The Morgan fingerprint density at radius 3 is 2.43 bits per heavy atom. The number of hydrogen-bond donors (Lipinski definition) is 3. The first-order valence-electron chi connectivity index (χ1n) is 13.7. The summed E-state index contributed by atoms with van der Waals surface area (Å²) in [6.07, 6.45) is 1.66. The normalized spacial score (nSPS) is 15.9. The van der Waals surface area contributed by atoms with Crippen molar-refractivity contribution in [3.63, 3.8) is 0 Å². The molecule has 3 aromatic carbocycles. The summed E-state index contributed by atoms with van der Waals surface area (Å²) < 4.78 is 12.4. The first-order chi connectivity index (χ1) is 20.1. The summed E-state index contributed by atoms with van der Waals surface area (Å²) in [5.41, 5.74) is 13.9. The number of benzene rings is 3. The van der Waals surface area contributed by atoms with E-state index in [2.05, 4.69) is 15.8 Å². The maximum Gasteiger partial charge on any atom is 0.257 e. The van der Waals surface area contributed by atoms with Crippen LogP contribution in [0, 0.1) is 20.8 Å². The van der Waals surface area contributed by atoms with Gasteiger partial charge in [0.1, 0.15) is 29.5 Å². The number of anilines is 3. The summed E-state index contributed by atoms with van der Waals surface area (Å²) in [5.74, 6) is 1.36. The minimum atomic E-state index is -0.836. The van der Waals surface area contributed by atoms with Crippen LogP contribution in [0.25, 0.3) is 0 Å². The number of nitrogens with two attached hydrogens (primary N) is 1. The monoisotopic (exact) mass is 566 g/mol. The van der Waals surface area contributed by atoms with Crippen LogP contribution in [0.3, 0.4) is 0 Å². The fourth-order valence-corrected chi connectivity index (χ4v) is 4.83. The highest BCUT2D eigenvalue weighted by Crippen LogP contribution is 2.42. The predicted molar refractivity (Wildman–Crippen MR) is 162 cm³/mol. The largest absolute Gasteiger partial charge is 0.489 e. The second-order valence-corrected chi connectivity index (χ2v) is 10.7. The van der Waals surface area contributed by atoms with Gasteiger partial charge < -0.3 is 20.5 Å². The van der Waals surface area contributed by atoms with Crippen molar-refractivity contribution in [2.24, 2.45) is 0 Å². The molecule has 0 saturated heterocycles. The molecule has 1 aromatic heterocycles. The minimum absolute atomic E-state index is 0.00859. The molecule has 1 atom stereocenters. The number of aromatic nitrogens is 1. The third-order valence-electron chi connectivity index (χ3n) is 7.42. The second-order valence-electron chi connectivity index (χ2n) is 10.7. The number of fused-ring (bicyclic) bond motifs is 1. The molecule has 1 amide bonds. The molecule has 1 unspecified atom stereocenters. The van der Waals surface area contributed by atoms with Gasteiger partial charge in [0.15, 0.2) is 5.78 Å². The van der Waals surface area contributed by atoms with Gasteiger partial charge >= 0.3 is 0 Å².